The minimum absolute atomic E-state index is 0.00706. The van der Waals surface area contributed by atoms with Crippen LogP contribution < -0.4 is 0 Å². The second-order valence-electron chi connectivity index (χ2n) is 5.89. The molecule has 1 amide bonds. The quantitative estimate of drug-likeness (QED) is 0.725. The molecule has 0 aromatic heterocycles. The highest BCUT2D eigenvalue weighted by Gasteiger charge is 2.24. The van der Waals surface area contributed by atoms with E-state index in [4.69, 9.17) is 4.74 Å². The van der Waals surface area contributed by atoms with Crippen LogP contribution in [0, 0.1) is 11.7 Å². The Labute approximate surface area is 147 Å². The average Bonchev–Trinajstić information content (AvgIpc) is 2.64. The van der Waals surface area contributed by atoms with Gasteiger partial charge in [0.15, 0.2) is 0 Å². The van der Waals surface area contributed by atoms with Crippen LogP contribution in [0.4, 0.5) is 4.39 Å². The number of carbonyl (C=O) groups excluding carboxylic acids is 2. The average molecular weight is 343 g/mol. The summed E-state index contributed by atoms with van der Waals surface area (Å²) in [6, 6.07) is 15.6. The second-order valence-corrected chi connectivity index (χ2v) is 5.89. The van der Waals surface area contributed by atoms with Crippen molar-refractivity contribution in [1.82, 2.24) is 4.90 Å². The molecule has 1 atom stereocenters. The molecule has 25 heavy (non-hydrogen) atoms. The van der Waals surface area contributed by atoms with E-state index in [9.17, 15) is 14.0 Å². The van der Waals surface area contributed by atoms with E-state index in [1.807, 2.05) is 30.3 Å². The Bertz CT molecular complexity index is 718. The van der Waals surface area contributed by atoms with Crippen LogP contribution in [0.5, 0.6) is 0 Å². The summed E-state index contributed by atoms with van der Waals surface area (Å²) in [5, 5.41) is 0. The van der Waals surface area contributed by atoms with Gasteiger partial charge in [-0.05, 0) is 24.1 Å². The van der Waals surface area contributed by atoms with E-state index in [0.717, 1.165) is 5.56 Å². The Balaban J connectivity index is 2.17. The Morgan fingerprint density at radius 1 is 1.08 bits per heavy atom. The molecular formula is C20H22FNO3. The summed E-state index contributed by atoms with van der Waals surface area (Å²) in [6.07, 6.45) is 0.620. The lowest BCUT2D eigenvalue weighted by molar-refractivity contribution is -0.145. The summed E-state index contributed by atoms with van der Waals surface area (Å²) in [4.78, 5) is 26.0. The molecule has 0 N–H and O–H groups in total. The van der Waals surface area contributed by atoms with Crippen LogP contribution in [0.15, 0.2) is 54.6 Å². The highest BCUT2D eigenvalue weighted by atomic mass is 19.1. The molecule has 132 valence electrons. The lowest BCUT2D eigenvalue weighted by atomic mass is 10.1. The molecule has 0 bridgehead atoms. The van der Waals surface area contributed by atoms with Crippen LogP contribution in [-0.4, -0.2) is 37.0 Å². The number of hydrogen-bond acceptors (Lipinski definition) is 3. The first kappa shape index (κ1) is 18.6. The first-order valence-electron chi connectivity index (χ1n) is 8.18. The third-order valence-corrected chi connectivity index (χ3v) is 4.00. The van der Waals surface area contributed by atoms with Gasteiger partial charge < -0.3 is 9.64 Å². The van der Waals surface area contributed by atoms with E-state index in [1.165, 1.54) is 30.2 Å². The molecule has 0 aliphatic rings. The molecule has 2 aromatic carbocycles. The fourth-order valence-electron chi connectivity index (χ4n) is 2.60. The molecule has 5 heteroatoms. The van der Waals surface area contributed by atoms with E-state index in [2.05, 4.69) is 0 Å². The van der Waals surface area contributed by atoms with Crippen molar-refractivity contribution in [1.29, 1.82) is 0 Å². The SMILES string of the molecule is COC(=O)C(C)CN(CCc1ccccc1)C(=O)c1ccccc1F. The van der Waals surface area contributed by atoms with Gasteiger partial charge in [0, 0.05) is 13.1 Å². The number of ether oxygens (including phenoxy) is 1. The van der Waals surface area contributed by atoms with Crippen molar-refractivity contribution in [3.05, 3.63) is 71.5 Å². The van der Waals surface area contributed by atoms with Crippen molar-refractivity contribution < 1.29 is 18.7 Å². The van der Waals surface area contributed by atoms with E-state index < -0.39 is 23.6 Å². The van der Waals surface area contributed by atoms with E-state index in [1.54, 1.807) is 13.0 Å². The molecule has 2 rings (SSSR count). The number of esters is 1. The maximum absolute atomic E-state index is 14.0. The van der Waals surface area contributed by atoms with Gasteiger partial charge in [-0.2, -0.15) is 0 Å². The van der Waals surface area contributed by atoms with Crippen molar-refractivity contribution >= 4 is 11.9 Å². The fourth-order valence-corrected chi connectivity index (χ4v) is 2.60. The molecule has 0 aliphatic carbocycles. The van der Waals surface area contributed by atoms with Gasteiger partial charge in [-0.25, -0.2) is 4.39 Å². The molecule has 0 heterocycles. The zero-order valence-corrected chi connectivity index (χ0v) is 14.4. The predicted octanol–water partition coefficient (Wildman–Crippen LogP) is 3.32. The van der Waals surface area contributed by atoms with Crippen LogP contribution in [0.1, 0.15) is 22.8 Å². The first-order chi connectivity index (χ1) is 12.0. The van der Waals surface area contributed by atoms with Crippen LogP contribution in [0.3, 0.4) is 0 Å². The summed E-state index contributed by atoms with van der Waals surface area (Å²) in [7, 11) is 1.31. The van der Waals surface area contributed by atoms with Crippen LogP contribution in [0.25, 0.3) is 0 Å². The zero-order valence-electron chi connectivity index (χ0n) is 14.4. The number of hydrogen-bond donors (Lipinski definition) is 0. The van der Waals surface area contributed by atoms with Gasteiger partial charge in [0.1, 0.15) is 5.82 Å². The van der Waals surface area contributed by atoms with Gasteiger partial charge in [-0.1, -0.05) is 49.4 Å². The van der Waals surface area contributed by atoms with Crippen LogP contribution in [0.2, 0.25) is 0 Å². The maximum Gasteiger partial charge on any atom is 0.310 e. The predicted molar refractivity (Wildman–Crippen MR) is 93.6 cm³/mol. The van der Waals surface area contributed by atoms with Crippen molar-refractivity contribution in [2.75, 3.05) is 20.2 Å². The topological polar surface area (TPSA) is 46.6 Å². The van der Waals surface area contributed by atoms with Gasteiger partial charge in [0.25, 0.3) is 5.91 Å². The zero-order chi connectivity index (χ0) is 18.2. The maximum atomic E-state index is 14.0. The summed E-state index contributed by atoms with van der Waals surface area (Å²) < 4.78 is 18.7. The molecule has 4 nitrogen and oxygen atoms in total. The molecule has 0 saturated carbocycles. The van der Waals surface area contributed by atoms with Crippen molar-refractivity contribution in [3.63, 3.8) is 0 Å². The number of carbonyl (C=O) groups is 2. The highest BCUT2D eigenvalue weighted by molar-refractivity contribution is 5.94. The standard InChI is InChI=1S/C20H22FNO3/c1-15(20(24)25-2)14-22(13-12-16-8-4-3-5-9-16)19(23)17-10-6-7-11-18(17)21/h3-11,15H,12-14H2,1-2H3. The highest BCUT2D eigenvalue weighted by Crippen LogP contribution is 2.13. The van der Waals surface area contributed by atoms with E-state index >= 15 is 0 Å². The molecule has 2 aromatic rings. The largest absolute Gasteiger partial charge is 0.469 e. The summed E-state index contributed by atoms with van der Waals surface area (Å²) in [5.74, 6) is -1.88. The number of benzene rings is 2. The number of methoxy groups -OCH3 is 1. The smallest absolute Gasteiger partial charge is 0.310 e. The molecule has 0 saturated heterocycles. The minimum Gasteiger partial charge on any atom is -0.469 e. The normalized spacial score (nSPS) is 11.6. The number of rotatable bonds is 7. The monoisotopic (exact) mass is 343 g/mol. The van der Waals surface area contributed by atoms with E-state index in [-0.39, 0.29) is 12.1 Å². The number of halogens is 1. The van der Waals surface area contributed by atoms with Crippen molar-refractivity contribution in [2.24, 2.45) is 5.92 Å². The van der Waals surface area contributed by atoms with Gasteiger partial charge in [-0.3, -0.25) is 9.59 Å². The van der Waals surface area contributed by atoms with Crippen molar-refractivity contribution in [3.8, 4) is 0 Å². The third-order valence-electron chi connectivity index (χ3n) is 4.00. The number of nitrogens with zero attached hydrogens (tertiary/aromatic N) is 1. The van der Waals surface area contributed by atoms with Crippen LogP contribution >= 0.6 is 0 Å². The third kappa shape index (κ3) is 5.14. The van der Waals surface area contributed by atoms with Crippen LogP contribution in [-0.2, 0) is 16.0 Å². The Hall–Kier alpha value is -2.69. The summed E-state index contributed by atoms with van der Waals surface area (Å²) in [5.41, 5.74) is 1.08. The second kappa shape index (κ2) is 8.97. The van der Waals surface area contributed by atoms with E-state index in [0.29, 0.717) is 13.0 Å². The van der Waals surface area contributed by atoms with Gasteiger partial charge in [0.2, 0.25) is 0 Å². The molecule has 1 unspecified atom stereocenters. The molecule has 0 radical (unpaired) electrons. The fraction of sp³-hybridized carbons (Fsp3) is 0.300. The lowest BCUT2D eigenvalue weighted by Crippen LogP contribution is -2.39. The Kier molecular flexibility index (Phi) is 6.69. The van der Waals surface area contributed by atoms with Gasteiger partial charge in [-0.15, -0.1) is 0 Å². The number of amides is 1. The Morgan fingerprint density at radius 2 is 1.72 bits per heavy atom. The van der Waals surface area contributed by atoms with Crippen molar-refractivity contribution in [2.45, 2.75) is 13.3 Å². The first-order valence-corrected chi connectivity index (χ1v) is 8.18. The lowest BCUT2D eigenvalue weighted by Gasteiger charge is -2.25. The Morgan fingerprint density at radius 3 is 2.36 bits per heavy atom. The van der Waals surface area contributed by atoms with Gasteiger partial charge >= 0.3 is 5.97 Å². The molecule has 0 aliphatic heterocycles. The van der Waals surface area contributed by atoms with Gasteiger partial charge in [0.05, 0.1) is 18.6 Å². The summed E-state index contributed by atoms with van der Waals surface area (Å²) in [6.45, 7) is 2.25. The molecular weight excluding hydrogens is 321 g/mol. The molecule has 0 fully saturated rings. The summed E-state index contributed by atoms with van der Waals surface area (Å²) >= 11 is 0. The minimum atomic E-state index is -0.567. The molecule has 0 spiro atoms.